The van der Waals surface area contributed by atoms with Crippen molar-refractivity contribution in [2.45, 2.75) is 25.0 Å². The van der Waals surface area contributed by atoms with Crippen molar-refractivity contribution in [3.05, 3.63) is 22.8 Å². The third-order valence-electron chi connectivity index (χ3n) is 3.55. The Morgan fingerprint density at radius 3 is 2.43 bits per heavy atom. The second kappa shape index (κ2) is 5.27. The third kappa shape index (κ3) is 2.59. The van der Waals surface area contributed by atoms with Gasteiger partial charge in [-0.3, -0.25) is 4.31 Å². The predicted molar refractivity (Wildman–Crippen MR) is 71.5 cm³/mol. The lowest BCUT2D eigenvalue weighted by Gasteiger charge is -2.22. The number of carboxylic acid groups (broad SMARTS) is 1. The highest BCUT2D eigenvalue weighted by atomic mass is 32.2. The Labute approximate surface area is 128 Å². The van der Waals surface area contributed by atoms with Crippen LogP contribution in [0, 0.1) is 6.92 Å². The summed E-state index contributed by atoms with van der Waals surface area (Å²) in [6, 6.07) is 1.01. The lowest BCUT2D eigenvalue weighted by molar-refractivity contribution is -0.147. The smallest absolute Gasteiger partial charge is 0.507 e. The number of benzene rings is 1. The Hall–Kier alpha value is -2.01. The second-order valence-corrected chi connectivity index (χ2v) is 6.82. The van der Waals surface area contributed by atoms with Crippen LogP contribution >= 0.6 is 0 Å². The summed E-state index contributed by atoms with van der Waals surface area (Å²) in [6.45, 7) is 0.703. The molecular formula is C12H12F3NO6S. The first-order chi connectivity index (χ1) is 10.4. The van der Waals surface area contributed by atoms with E-state index in [0.717, 1.165) is 6.07 Å². The molecule has 23 heavy (non-hydrogen) atoms. The standard InChI is InChI=1S/C12H12F3NO6S/c1-5-4-7-6(9(17)8(5)10(18)11(19)20)2-3-16(7)23(21,22)12(13,14)15/h4,10,17-18H,2-3H2,1H3,(H,19,20). The molecule has 1 unspecified atom stereocenters. The van der Waals surface area contributed by atoms with Crippen molar-refractivity contribution < 1.29 is 41.7 Å². The molecule has 11 heteroatoms. The minimum atomic E-state index is -5.63. The number of alkyl halides is 3. The molecule has 0 amide bonds. The number of aryl methyl sites for hydroxylation is 1. The van der Waals surface area contributed by atoms with E-state index in [2.05, 4.69) is 0 Å². The number of anilines is 1. The van der Waals surface area contributed by atoms with Crippen LogP contribution in [0.25, 0.3) is 0 Å². The van der Waals surface area contributed by atoms with Crippen LogP contribution in [-0.4, -0.2) is 41.8 Å². The lowest BCUT2D eigenvalue weighted by atomic mass is 9.97. The molecule has 0 fully saturated rings. The molecule has 1 aromatic carbocycles. The number of carbonyl (C=O) groups is 1. The minimum Gasteiger partial charge on any atom is -0.507 e. The van der Waals surface area contributed by atoms with Gasteiger partial charge in [-0.05, 0) is 25.0 Å². The number of phenolic OH excluding ortho intramolecular Hbond substituents is 1. The van der Waals surface area contributed by atoms with Gasteiger partial charge in [-0.25, -0.2) is 4.79 Å². The van der Waals surface area contributed by atoms with Gasteiger partial charge in [0.25, 0.3) is 0 Å². The topological polar surface area (TPSA) is 115 Å². The molecule has 0 saturated heterocycles. The Morgan fingerprint density at radius 2 is 1.96 bits per heavy atom. The molecule has 0 spiro atoms. The van der Waals surface area contributed by atoms with E-state index >= 15 is 0 Å². The molecule has 1 aromatic rings. The zero-order valence-electron chi connectivity index (χ0n) is 11.6. The largest absolute Gasteiger partial charge is 0.516 e. The minimum absolute atomic E-state index is 0.0413. The first-order valence-corrected chi connectivity index (χ1v) is 7.68. The van der Waals surface area contributed by atoms with Gasteiger partial charge in [-0.2, -0.15) is 21.6 Å². The second-order valence-electron chi connectivity index (χ2n) is 4.97. The summed E-state index contributed by atoms with van der Waals surface area (Å²) >= 11 is 0. The highest BCUT2D eigenvalue weighted by Gasteiger charge is 2.52. The fraction of sp³-hybridized carbons (Fsp3) is 0.417. The number of aliphatic carboxylic acids is 1. The van der Waals surface area contributed by atoms with Crippen molar-refractivity contribution in [3.63, 3.8) is 0 Å². The van der Waals surface area contributed by atoms with Crippen molar-refractivity contribution >= 4 is 21.7 Å². The highest BCUT2D eigenvalue weighted by Crippen LogP contribution is 2.44. The summed E-state index contributed by atoms with van der Waals surface area (Å²) in [5.74, 6) is -2.36. The first-order valence-electron chi connectivity index (χ1n) is 6.24. The maximum atomic E-state index is 12.7. The number of aromatic hydroxyl groups is 1. The van der Waals surface area contributed by atoms with E-state index in [-0.39, 0.29) is 33.1 Å². The van der Waals surface area contributed by atoms with Gasteiger partial charge in [0.2, 0.25) is 0 Å². The van der Waals surface area contributed by atoms with E-state index in [9.17, 15) is 36.6 Å². The van der Waals surface area contributed by atoms with Crippen molar-refractivity contribution in [1.29, 1.82) is 0 Å². The average molecular weight is 355 g/mol. The molecule has 7 nitrogen and oxygen atoms in total. The van der Waals surface area contributed by atoms with E-state index in [4.69, 9.17) is 5.11 Å². The Balaban J connectivity index is 2.63. The number of rotatable bonds is 3. The van der Waals surface area contributed by atoms with Crippen molar-refractivity contribution in [2.75, 3.05) is 10.8 Å². The van der Waals surface area contributed by atoms with E-state index in [1.165, 1.54) is 6.92 Å². The molecule has 2 rings (SSSR count). The van der Waals surface area contributed by atoms with Gasteiger partial charge in [-0.1, -0.05) is 0 Å². The molecule has 128 valence electrons. The van der Waals surface area contributed by atoms with E-state index < -0.39 is 39.9 Å². The lowest BCUT2D eigenvalue weighted by Crippen LogP contribution is -2.39. The fourth-order valence-corrected chi connectivity index (χ4v) is 3.49. The highest BCUT2D eigenvalue weighted by molar-refractivity contribution is 7.93. The maximum absolute atomic E-state index is 12.7. The van der Waals surface area contributed by atoms with Crippen LogP contribution in [0.15, 0.2) is 6.07 Å². The van der Waals surface area contributed by atoms with Crippen molar-refractivity contribution in [3.8, 4) is 5.75 Å². The number of nitrogens with zero attached hydrogens (tertiary/aromatic N) is 1. The number of halogens is 3. The quantitative estimate of drug-likeness (QED) is 0.746. The van der Waals surface area contributed by atoms with E-state index in [1.54, 1.807) is 0 Å². The Kier molecular flexibility index (Phi) is 3.97. The van der Waals surface area contributed by atoms with Crippen LogP contribution in [0.3, 0.4) is 0 Å². The Morgan fingerprint density at radius 1 is 1.39 bits per heavy atom. The number of hydrogen-bond acceptors (Lipinski definition) is 5. The zero-order valence-corrected chi connectivity index (χ0v) is 12.4. The fourth-order valence-electron chi connectivity index (χ4n) is 2.49. The summed E-state index contributed by atoms with van der Waals surface area (Å²) in [7, 11) is -5.63. The number of aliphatic hydroxyl groups excluding tert-OH is 1. The molecule has 0 radical (unpaired) electrons. The maximum Gasteiger partial charge on any atom is 0.516 e. The third-order valence-corrected chi connectivity index (χ3v) is 5.10. The summed E-state index contributed by atoms with van der Waals surface area (Å²) in [6.07, 6.45) is -2.32. The van der Waals surface area contributed by atoms with Gasteiger partial charge in [0, 0.05) is 17.7 Å². The summed E-state index contributed by atoms with van der Waals surface area (Å²) in [4.78, 5) is 10.8. The molecule has 1 aliphatic rings. The van der Waals surface area contributed by atoms with Gasteiger partial charge >= 0.3 is 21.5 Å². The molecule has 0 aromatic heterocycles. The van der Waals surface area contributed by atoms with Gasteiger partial charge in [0.1, 0.15) is 5.75 Å². The number of fused-ring (bicyclic) bond motifs is 1. The molecule has 1 heterocycles. The SMILES string of the molecule is Cc1cc2c(c(O)c1C(O)C(=O)O)CCN2S(=O)(=O)C(F)(F)F. The van der Waals surface area contributed by atoms with E-state index in [0.29, 0.717) is 0 Å². The summed E-state index contributed by atoms with van der Waals surface area (Å²) in [5, 5.41) is 28.4. The number of hydrogen-bond donors (Lipinski definition) is 3. The van der Waals surface area contributed by atoms with Crippen molar-refractivity contribution in [2.24, 2.45) is 0 Å². The average Bonchev–Trinajstić information content (AvgIpc) is 2.81. The molecule has 0 bridgehead atoms. The molecule has 3 N–H and O–H groups in total. The van der Waals surface area contributed by atoms with Gasteiger partial charge in [0.05, 0.1) is 5.69 Å². The van der Waals surface area contributed by atoms with Gasteiger partial charge in [0.15, 0.2) is 6.10 Å². The number of carboxylic acids is 1. The van der Waals surface area contributed by atoms with Crippen LogP contribution in [0.1, 0.15) is 22.8 Å². The van der Waals surface area contributed by atoms with Gasteiger partial charge < -0.3 is 15.3 Å². The number of aliphatic hydroxyl groups is 1. The normalized spacial score (nSPS) is 16.3. The van der Waals surface area contributed by atoms with Crippen LogP contribution < -0.4 is 4.31 Å². The summed E-state index contributed by atoms with van der Waals surface area (Å²) < 4.78 is 61.3. The molecule has 1 aliphatic heterocycles. The predicted octanol–water partition coefficient (Wildman–Crippen LogP) is 1.03. The van der Waals surface area contributed by atoms with Crippen LogP contribution in [0.4, 0.5) is 18.9 Å². The summed E-state index contributed by atoms with van der Waals surface area (Å²) in [5.41, 5.74) is -6.45. The van der Waals surface area contributed by atoms with Crippen LogP contribution in [0.2, 0.25) is 0 Å². The zero-order chi connectivity index (χ0) is 17.7. The first kappa shape index (κ1) is 17.3. The molecule has 0 aliphatic carbocycles. The van der Waals surface area contributed by atoms with Crippen LogP contribution in [-0.2, 0) is 21.2 Å². The number of sulfonamides is 1. The van der Waals surface area contributed by atoms with Crippen molar-refractivity contribution in [1.82, 2.24) is 0 Å². The molecule has 1 atom stereocenters. The monoisotopic (exact) mass is 355 g/mol. The van der Waals surface area contributed by atoms with Crippen LogP contribution in [0.5, 0.6) is 5.75 Å². The van der Waals surface area contributed by atoms with Gasteiger partial charge in [-0.15, -0.1) is 0 Å². The molecular weight excluding hydrogens is 343 g/mol. The molecule has 0 saturated carbocycles. The Bertz CT molecular complexity index is 774. The van der Waals surface area contributed by atoms with E-state index in [1.807, 2.05) is 0 Å². The number of phenols is 1.